The highest BCUT2D eigenvalue weighted by Gasteiger charge is 2.56. The molecule has 0 fully saturated rings. The number of fused-ring (bicyclic) bond motifs is 5. The Hall–Kier alpha value is -5.03. The molecule has 1 aromatic carbocycles. The van der Waals surface area contributed by atoms with Gasteiger partial charge in [-0.15, -0.1) is 0 Å². The van der Waals surface area contributed by atoms with E-state index in [9.17, 15) is 29.2 Å². The molecule has 0 saturated carbocycles. The lowest BCUT2D eigenvalue weighted by Gasteiger charge is -2.43. The van der Waals surface area contributed by atoms with Gasteiger partial charge in [-0.1, -0.05) is 26.1 Å². The maximum absolute atomic E-state index is 14.7. The van der Waals surface area contributed by atoms with Crippen LogP contribution in [-0.2, 0) is 40.7 Å². The van der Waals surface area contributed by atoms with Gasteiger partial charge >= 0.3 is 24.0 Å². The van der Waals surface area contributed by atoms with Crippen molar-refractivity contribution >= 4 is 43.0 Å². The Balaban J connectivity index is 1.55. The average molecular weight is 717 g/mol. The average Bonchev–Trinajstić information content (AvgIpc) is 3.39. The van der Waals surface area contributed by atoms with Crippen LogP contribution in [0, 0.1) is 11.3 Å². The number of hydrogen-bond donors (Lipinski definition) is 1. The number of nitrogens with zero attached hydrogens (tertiary/aromatic N) is 3. The van der Waals surface area contributed by atoms with Crippen molar-refractivity contribution in [2.75, 3.05) is 6.54 Å². The topological polar surface area (TPSA) is 176 Å². The van der Waals surface area contributed by atoms with Crippen LogP contribution in [-0.4, -0.2) is 53.8 Å². The van der Waals surface area contributed by atoms with Crippen molar-refractivity contribution in [1.82, 2.24) is 14.9 Å². The number of cyclic esters (lactones) is 1. The molecule has 1 N–H and O–H groups in total. The number of carbonyl (C=O) groups is 4. The zero-order chi connectivity index (χ0) is 37.3. The minimum absolute atomic E-state index is 0.00366. The number of hydrogen-bond acceptors (Lipinski definition) is 11. The van der Waals surface area contributed by atoms with E-state index in [0.29, 0.717) is 41.5 Å². The van der Waals surface area contributed by atoms with Gasteiger partial charge in [-0.3, -0.25) is 14.4 Å². The lowest BCUT2D eigenvalue weighted by molar-refractivity contribution is -0.190. The minimum atomic E-state index is -2.56. The molecular formula is C37H44N4O9Si. The molecule has 2 aliphatic heterocycles. The fourth-order valence-electron chi connectivity index (χ4n) is 6.71. The normalized spacial score (nSPS) is 17.8. The third-order valence-electron chi connectivity index (χ3n) is 9.12. The van der Waals surface area contributed by atoms with E-state index in [1.54, 1.807) is 56.5 Å². The summed E-state index contributed by atoms with van der Waals surface area (Å²) in [5, 5.41) is 12.5. The number of unbranched alkanes of at least 4 members (excludes halogenated alkanes) is 1. The van der Waals surface area contributed by atoms with Crippen molar-refractivity contribution in [3.8, 4) is 23.2 Å². The number of nitriles is 1. The first-order valence-electron chi connectivity index (χ1n) is 17.2. The van der Waals surface area contributed by atoms with Gasteiger partial charge in [-0.2, -0.15) is 5.26 Å². The number of alkyl carbamates (subject to hydrolysis) is 1. The summed E-state index contributed by atoms with van der Waals surface area (Å²) < 4.78 is 24.3. The van der Waals surface area contributed by atoms with E-state index in [4.69, 9.17) is 23.9 Å². The molecule has 4 heterocycles. The monoisotopic (exact) mass is 716 g/mol. The smallest absolute Gasteiger partial charge is 0.407 e. The van der Waals surface area contributed by atoms with Gasteiger partial charge in [0.25, 0.3) is 5.56 Å². The summed E-state index contributed by atoms with van der Waals surface area (Å²) in [6.45, 7) is 12.7. The molecule has 51 heavy (non-hydrogen) atoms. The number of nitrogens with one attached hydrogen (secondary N) is 1. The molecule has 0 radical (unpaired) electrons. The Kier molecular flexibility index (Phi) is 10.4. The van der Waals surface area contributed by atoms with Gasteiger partial charge < -0.3 is 28.8 Å². The van der Waals surface area contributed by atoms with Gasteiger partial charge in [0.15, 0.2) is 0 Å². The van der Waals surface area contributed by atoms with Crippen LogP contribution in [0.4, 0.5) is 4.79 Å². The molecule has 1 amide bonds. The molecule has 0 bridgehead atoms. The van der Waals surface area contributed by atoms with Gasteiger partial charge in [-0.05, 0) is 70.4 Å². The standard InChI is InChI=1S/C37H44N4O9Si/c1-8-37(49-29(43)12-11-16-39-35(46)50-36(3,4)5)26-20-28-31-24(18-23-19-25(47-22(2)42)13-14-27(23)40-31)21-41(28)32(44)30(26)33(48-34(37)45)51(6,7)17-10-9-15-38/h13-14,18-20,33H,8-12,16-17,21H2,1-7H3,(H,39,46). The number of benzene rings is 1. The summed E-state index contributed by atoms with van der Waals surface area (Å²) in [5.41, 5.74) is -0.820. The highest BCUT2D eigenvalue weighted by molar-refractivity contribution is 6.78. The Morgan fingerprint density at radius 1 is 1.16 bits per heavy atom. The van der Waals surface area contributed by atoms with Gasteiger partial charge in [-0.25, -0.2) is 14.6 Å². The van der Waals surface area contributed by atoms with E-state index < -0.39 is 49.0 Å². The zero-order valence-electron chi connectivity index (χ0n) is 30.1. The molecule has 0 saturated heterocycles. The third kappa shape index (κ3) is 7.68. The number of pyridine rings is 2. The van der Waals surface area contributed by atoms with Gasteiger partial charge in [0.1, 0.15) is 25.2 Å². The van der Waals surface area contributed by atoms with E-state index in [-0.39, 0.29) is 49.0 Å². The maximum atomic E-state index is 14.7. The van der Waals surface area contributed by atoms with E-state index in [2.05, 4.69) is 11.4 Å². The van der Waals surface area contributed by atoms with Crippen LogP contribution in [0.1, 0.15) is 89.1 Å². The third-order valence-corrected chi connectivity index (χ3v) is 12.6. The molecule has 270 valence electrons. The van der Waals surface area contributed by atoms with Crippen LogP contribution in [0.5, 0.6) is 5.75 Å². The molecule has 2 atom stereocenters. The van der Waals surface area contributed by atoms with Gasteiger partial charge in [0, 0.05) is 42.8 Å². The number of rotatable bonds is 11. The van der Waals surface area contributed by atoms with E-state index in [0.717, 1.165) is 10.9 Å². The predicted molar refractivity (Wildman–Crippen MR) is 189 cm³/mol. The van der Waals surface area contributed by atoms with Crippen molar-refractivity contribution in [2.45, 2.75) is 109 Å². The van der Waals surface area contributed by atoms with E-state index in [1.165, 1.54) is 6.92 Å². The number of amides is 1. The van der Waals surface area contributed by atoms with Crippen LogP contribution < -0.4 is 15.6 Å². The lowest BCUT2D eigenvalue weighted by atomic mass is 9.85. The second-order valence-electron chi connectivity index (χ2n) is 14.7. The Bertz CT molecular complexity index is 2010. The summed E-state index contributed by atoms with van der Waals surface area (Å²) in [4.78, 5) is 70.7. The molecule has 13 nitrogen and oxygen atoms in total. The van der Waals surface area contributed by atoms with E-state index >= 15 is 0 Å². The first-order chi connectivity index (χ1) is 24.0. The second kappa shape index (κ2) is 14.3. The lowest BCUT2D eigenvalue weighted by Crippen LogP contribution is -2.53. The fourth-order valence-corrected chi connectivity index (χ4v) is 9.54. The number of esters is 3. The molecule has 5 rings (SSSR count). The molecular weight excluding hydrogens is 673 g/mol. The van der Waals surface area contributed by atoms with E-state index in [1.807, 2.05) is 19.2 Å². The molecule has 0 aliphatic carbocycles. The van der Waals surface area contributed by atoms with Crippen molar-refractivity contribution in [1.29, 1.82) is 5.26 Å². The largest absolute Gasteiger partial charge is 0.458 e. The number of carbonyl (C=O) groups excluding carboxylic acids is 4. The second-order valence-corrected chi connectivity index (χ2v) is 19.7. The Labute approximate surface area is 297 Å². The fraction of sp³-hybridized carbons (Fsp3) is 0.486. The summed E-state index contributed by atoms with van der Waals surface area (Å²) in [6, 6.07) is 11.5. The van der Waals surface area contributed by atoms with Crippen molar-refractivity contribution in [3.05, 3.63) is 57.4 Å². The van der Waals surface area contributed by atoms with Crippen LogP contribution in [0.3, 0.4) is 0 Å². The molecule has 2 unspecified atom stereocenters. The predicted octanol–water partition coefficient (Wildman–Crippen LogP) is 5.95. The summed E-state index contributed by atoms with van der Waals surface area (Å²) in [7, 11) is -2.56. The van der Waals surface area contributed by atoms with Crippen LogP contribution in [0.2, 0.25) is 19.1 Å². The van der Waals surface area contributed by atoms with Crippen LogP contribution in [0.15, 0.2) is 35.1 Å². The molecule has 0 spiro atoms. The number of aromatic nitrogens is 2. The molecule has 2 aliphatic rings. The van der Waals surface area contributed by atoms with Gasteiger partial charge in [0.05, 0.1) is 35.1 Å². The summed E-state index contributed by atoms with van der Waals surface area (Å²) >= 11 is 0. The molecule has 3 aromatic rings. The first-order valence-corrected chi connectivity index (χ1v) is 20.5. The first kappa shape index (κ1) is 37.2. The molecule has 2 aromatic heterocycles. The SMILES string of the molecule is CCC1(OC(=O)CCCNC(=O)OC(C)(C)C)C(=O)OC([Si](C)(C)CCCC#N)c2c1cc1n(c2=O)Cc2cc3cc(OC(C)=O)ccc3nc2-1. The minimum Gasteiger partial charge on any atom is -0.458 e. The Morgan fingerprint density at radius 2 is 1.90 bits per heavy atom. The highest BCUT2D eigenvalue weighted by Crippen LogP contribution is 2.47. The maximum Gasteiger partial charge on any atom is 0.407 e. The van der Waals surface area contributed by atoms with Crippen LogP contribution >= 0.6 is 0 Å². The summed E-state index contributed by atoms with van der Waals surface area (Å²) in [5.74, 6) is -1.52. The highest BCUT2D eigenvalue weighted by atomic mass is 28.3. The van der Waals surface area contributed by atoms with Gasteiger partial charge in [0.2, 0.25) is 5.60 Å². The van der Waals surface area contributed by atoms with Crippen molar-refractivity contribution in [2.24, 2.45) is 0 Å². The number of ether oxygens (including phenoxy) is 4. The zero-order valence-corrected chi connectivity index (χ0v) is 31.1. The van der Waals surface area contributed by atoms with Crippen molar-refractivity contribution < 1.29 is 38.1 Å². The Morgan fingerprint density at radius 3 is 2.57 bits per heavy atom. The van der Waals surface area contributed by atoms with Crippen LogP contribution in [0.25, 0.3) is 22.3 Å². The molecule has 14 heteroatoms. The summed E-state index contributed by atoms with van der Waals surface area (Å²) in [6.07, 6.45) is 0.419. The van der Waals surface area contributed by atoms with Crippen molar-refractivity contribution in [3.63, 3.8) is 0 Å². The quantitative estimate of drug-likeness (QED) is 0.0638.